The molecule has 0 spiro atoms. The van der Waals surface area contributed by atoms with Crippen LogP contribution in [0.3, 0.4) is 0 Å². The minimum absolute atomic E-state index is 0.0391. The van der Waals surface area contributed by atoms with E-state index in [1.54, 1.807) is 14.0 Å². The first-order valence-electron chi connectivity index (χ1n) is 15.5. The van der Waals surface area contributed by atoms with E-state index in [0.717, 1.165) is 6.07 Å². The predicted octanol–water partition coefficient (Wildman–Crippen LogP) is 4.67. The lowest BCUT2D eigenvalue weighted by molar-refractivity contribution is -0.139. The smallest absolute Gasteiger partial charge is 0.417 e. The van der Waals surface area contributed by atoms with Gasteiger partial charge in [0.1, 0.15) is 30.2 Å². The van der Waals surface area contributed by atoms with Gasteiger partial charge in [-0.1, -0.05) is 13.5 Å². The Balaban J connectivity index is 1.56. The Hall–Kier alpha value is -3.61. The van der Waals surface area contributed by atoms with Gasteiger partial charge >= 0.3 is 12.2 Å². The fraction of sp³-hybridized carbons (Fsp3) is 0.594. The van der Waals surface area contributed by atoms with Crippen molar-refractivity contribution in [3.63, 3.8) is 0 Å². The number of alkyl halides is 4. The summed E-state index contributed by atoms with van der Waals surface area (Å²) < 4.78 is 92.6. The van der Waals surface area contributed by atoms with E-state index in [4.69, 9.17) is 15.5 Å². The van der Waals surface area contributed by atoms with Gasteiger partial charge < -0.3 is 20.5 Å². The summed E-state index contributed by atoms with van der Waals surface area (Å²) in [4.78, 5) is 14.4. The molecule has 1 aliphatic carbocycles. The first kappa shape index (κ1) is 34.7. The molecule has 5 rings (SSSR count). The number of nitrogens with zero attached hydrogens (tertiary/aromatic N) is 6. The Labute approximate surface area is 269 Å². The van der Waals surface area contributed by atoms with Crippen LogP contribution in [0.15, 0.2) is 18.5 Å². The van der Waals surface area contributed by atoms with E-state index in [-0.39, 0.29) is 81.8 Å². The Kier molecular flexibility index (Phi) is 9.96. The van der Waals surface area contributed by atoms with Gasteiger partial charge in [0.25, 0.3) is 0 Å². The largest absolute Gasteiger partial charge is 0.462 e. The highest BCUT2D eigenvalue weighted by Gasteiger charge is 2.43. The summed E-state index contributed by atoms with van der Waals surface area (Å²) in [5.74, 6) is -3.06. The van der Waals surface area contributed by atoms with Crippen LogP contribution in [-0.2, 0) is 19.0 Å². The number of hydrogen-bond acceptors (Lipinski definition) is 9. The molecule has 1 aromatic carbocycles. The number of halogens is 6. The fourth-order valence-corrected chi connectivity index (χ4v) is 7.26. The highest BCUT2D eigenvalue weighted by Crippen LogP contribution is 2.47. The third-order valence-electron chi connectivity index (χ3n) is 9.65. The first-order valence-corrected chi connectivity index (χ1v) is 15.5. The second-order valence-electron chi connectivity index (χ2n) is 12.9. The van der Waals surface area contributed by atoms with Crippen LogP contribution in [0.5, 0.6) is 6.01 Å². The summed E-state index contributed by atoms with van der Waals surface area (Å²) in [7, 11) is 1.77. The van der Waals surface area contributed by atoms with Crippen LogP contribution in [0.1, 0.15) is 53.6 Å². The van der Waals surface area contributed by atoms with E-state index in [2.05, 4.69) is 17.6 Å². The number of benzene rings is 1. The number of nitrogens with two attached hydrogens (primary N) is 1. The maximum Gasteiger partial charge on any atom is 0.417 e. The topological polar surface area (TPSA) is 115 Å². The predicted molar refractivity (Wildman–Crippen MR) is 163 cm³/mol. The summed E-state index contributed by atoms with van der Waals surface area (Å²) >= 11 is 0. The van der Waals surface area contributed by atoms with Gasteiger partial charge in [0.2, 0.25) is 0 Å². The van der Waals surface area contributed by atoms with Crippen LogP contribution in [-0.4, -0.2) is 89.2 Å². The van der Waals surface area contributed by atoms with Gasteiger partial charge in [-0.2, -0.15) is 28.4 Å². The van der Waals surface area contributed by atoms with Crippen LogP contribution in [0.25, 0.3) is 0 Å². The molecule has 3 heterocycles. The van der Waals surface area contributed by atoms with E-state index in [1.807, 2.05) is 9.80 Å². The van der Waals surface area contributed by atoms with Crippen LogP contribution >= 0.6 is 0 Å². The van der Waals surface area contributed by atoms with Crippen molar-refractivity contribution in [3.8, 4) is 12.1 Å². The third-order valence-corrected chi connectivity index (χ3v) is 9.65. The number of aliphatic hydroxyl groups excluding tert-OH is 1. The number of aliphatic hydroxyl groups is 1. The minimum Gasteiger partial charge on any atom is -0.462 e. The molecule has 3 N–H and O–H groups in total. The normalized spacial score (nSPS) is 26.1. The van der Waals surface area contributed by atoms with Gasteiger partial charge in [0.05, 0.1) is 29.4 Å². The second-order valence-corrected chi connectivity index (χ2v) is 12.9. The standard InChI is InChI=1S/C32H39F6N7O2/c1-16-9-23-25(12-22(16)26-27(32(36,37)38)17(2)10-24(40)28(26)35)41-31(47-15-21-11-19(34)13-43(21)4)42-29(23)44-7-8-45(30(46)18(3)33)20(14-44)5-6-39/h10,16,19-22,30,46H,3,5,7-9,11-15,40H2,1-2,4H3/t16-,19-,20+,21+,22-,30?/m1/s1. The summed E-state index contributed by atoms with van der Waals surface area (Å²) in [6.07, 6.45) is -7.10. The molecule has 0 amide bonds. The third kappa shape index (κ3) is 7.00. The highest BCUT2D eigenvalue weighted by molar-refractivity contribution is 5.56. The molecule has 3 aliphatic rings. The Morgan fingerprint density at radius 2 is 1.96 bits per heavy atom. The zero-order chi connectivity index (χ0) is 34.4. The number of rotatable bonds is 8. The van der Waals surface area contributed by atoms with Gasteiger partial charge in [-0.3, -0.25) is 9.80 Å². The Morgan fingerprint density at radius 1 is 1.23 bits per heavy atom. The molecule has 6 atom stereocenters. The number of aromatic nitrogens is 2. The number of ether oxygens (including phenoxy) is 1. The monoisotopic (exact) mass is 667 g/mol. The van der Waals surface area contributed by atoms with E-state index in [0.29, 0.717) is 17.1 Å². The molecule has 0 bridgehead atoms. The molecule has 1 unspecified atom stereocenters. The average Bonchev–Trinajstić information content (AvgIpc) is 3.32. The molecule has 47 heavy (non-hydrogen) atoms. The van der Waals surface area contributed by atoms with Gasteiger partial charge in [-0.15, -0.1) is 0 Å². The quantitative estimate of drug-likeness (QED) is 0.306. The number of hydrogen-bond donors (Lipinski definition) is 2. The number of nitrogen functional groups attached to an aromatic ring is 1. The number of piperazine rings is 1. The van der Waals surface area contributed by atoms with Crippen LogP contribution in [0.2, 0.25) is 0 Å². The molecule has 9 nitrogen and oxygen atoms in total. The van der Waals surface area contributed by atoms with Crippen molar-refractivity contribution in [2.75, 3.05) is 50.5 Å². The van der Waals surface area contributed by atoms with Crippen molar-refractivity contribution in [2.45, 2.75) is 76.1 Å². The molecule has 256 valence electrons. The van der Waals surface area contributed by atoms with Crippen LogP contribution in [0, 0.1) is 30.0 Å². The molecule has 1 aromatic heterocycles. The highest BCUT2D eigenvalue weighted by atomic mass is 19.4. The summed E-state index contributed by atoms with van der Waals surface area (Å²) in [5, 5.41) is 19.9. The number of nitriles is 1. The maximum atomic E-state index is 15.6. The average molecular weight is 668 g/mol. The first-order chi connectivity index (χ1) is 22.1. The second kappa shape index (κ2) is 13.5. The summed E-state index contributed by atoms with van der Waals surface area (Å²) in [5.41, 5.74) is 4.75. The zero-order valence-electron chi connectivity index (χ0n) is 26.5. The van der Waals surface area contributed by atoms with Gasteiger partial charge in [-0.05, 0) is 56.7 Å². The molecule has 2 saturated heterocycles. The summed E-state index contributed by atoms with van der Waals surface area (Å²) in [6.45, 7) is 7.06. The van der Waals surface area contributed by atoms with Crippen molar-refractivity contribution >= 4 is 11.5 Å². The van der Waals surface area contributed by atoms with E-state index in [9.17, 15) is 32.3 Å². The Bertz CT molecular complexity index is 1550. The minimum atomic E-state index is -4.83. The zero-order valence-corrected chi connectivity index (χ0v) is 26.5. The van der Waals surface area contributed by atoms with Crippen LogP contribution in [0.4, 0.5) is 37.8 Å². The molecule has 15 heteroatoms. The van der Waals surface area contributed by atoms with E-state index < -0.39 is 59.2 Å². The lowest BCUT2D eigenvalue weighted by Crippen LogP contribution is -2.57. The molecule has 2 aliphatic heterocycles. The number of likely N-dealkylation sites (N-methyl/N-ethyl adjacent to an activating group) is 1. The van der Waals surface area contributed by atoms with Crippen molar-refractivity contribution in [1.82, 2.24) is 19.8 Å². The van der Waals surface area contributed by atoms with Crippen molar-refractivity contribution < 1.29 is 36.2 Å². The maximum absolute atomic E-state index is 15.6. The van der Waals surface area contributed by atoms with E-state index >= 15 is 4.39 Å². The van der Waals surface area contributed by atoms with E-state index in [1.165, 1.54) is 11.8 Å². The molecule has 2 aromatic rings. The number of anilines is 2. The number of fused-ring (bicyclic) bond motifs is 1. The van der Waals surface area contributed by atoms with Crippen molar-refractivity contribution in [3.05, 3.63) is 52.2 Å². The Morgan fingerprint density at radius 3 is 2.57 bits per heavy atom. The number of likely N-dealkylation sites (tertiary alicyclic amines) is 1. The molecule has 0 radical (unpaired) electrons. The van der Waals surface area contributed by atoms with Crippen molar-refractivity contribution in [1.29, 1.82) is 5.26 Å². The lowest BCUT2D eigenvalue weighted by Gasteiger charge is -2.44. The molecular weight excluding hydrogens is 628 g/mol. The molecule has 2 fully saturated rings. The SMILES string of the molecule is C=C(F)C(O)N1CCN(c2nc(OC[C@@H]3C[C@@H](F)CN3C)nc3c2C[C@@H](C)[C@H](c2c(F)c(N)cc(C)c2C(F)(F)F)C3)C[C@@H]1CC#N. The van der Waals surface area contributed by atoms with Gasteiger partial charge in [-0.25, -0.2) is 13.2 Å². The van der Waals surface area contributed by atoms with Gasteiger partial charge in [0, 0.05) is 49.4 Å². The lowest BCUT2D eigenvalue weighted by atomic mass is 9.73. The molecular formula is C32H39F6N7O2. The number of aryl methyl sites for hydroxylation is 1. The fourth-order valence-electron chi connectivity index (χ4n) is 7.26. The van der Waals surface area contributed by atoms with Crippen molar-refractivity contribution in [2.24, 2.45) is 5.92 Å². The van der Waals surface area contributed by atoms with Crippen LogP contribution < -0.4 is 15.4 Å². The molecule has 0 saturated carbocycles. The summed E-state index contributed by atoms with van der Waals surface area (Å²) in [6, 6.07) is 2.13. The van der Waals surface area contributed by atoms with Gasteiger partial charge in [0.15, 0.2) is 6.23 Å².